The van der Waals surface area contributed by atoms with Gasteiger partial charge in [-0.15, -0.1) is 10.1 Å². The predicted molar refractivity (Wildman–Crippen MR) is 135 cm³/mol. The van der Waals surface area contributed by atoms with E-state index >= 15 is 4.39 Å². The van der Waals surface area contributed by atoms with Crippen molar-refractivity contribution in [3.8, 4) is 0 Å². The van der Waals surface area contributed by atoms with Gasteiger partial charge in [-0.1, -0.05) is 31.9 Å². The van der Waals surface area contributed by atoms with Crippen LogP contribution in [0.4, 0.5) is 4.39 Å². The maximum absolute atomic E-state index is 17.4. The van der Waals surface area contributed by atoms with Crippen LogP contribution in [0, 0.1) is 38.7 Å². The predicted octanol–water partition coefficient (Wildman–Crippen LogP) is 3.22. The zero-order valence-corrected chi connectivity index (χ0v) is 22.7. The number of Topliss-reactive ketones (excluding diaryl/α,β-unsaturated/α-hetero) is 1. The number of ether oxygens (including phenoxy) is 1. The first kappa shape index (κ1) is 29.3. The average Bonchev–Trinajstić information content (AvgIpc) is 3.08. The van der Waals surface area contributed by atoms with Gasteiger partial charge in [-0.05, 0) is 63.5 Å². The van der Waals surface area contributed by atoms with Gasteiger partial charge in [0, 0.05) is 29.1 Å². The Morgan fingerprint density at radius 1 is 1.23 bits per heavy atom. The van der Waals surface area contributed by atoms with Crippen molar-refractivity contribution < 1.29 is 43.6 Å². The Balaban J connectivity index is 1.61. The number of ketones is 2. The first-order chi connectivity index (χ1) is 18.3. The summed E-state index contributed by atoms with van der Waals surface area (Å²) in [5, 5.41) is 30.9. The van der Waals surface area contributed by atoms with Crippen molar-refractivity contribution in [1.82, 2.24) is 0 Å². The van der Waals surface area contributed by atoms with Crippen LogP contribution in [0.5, 0.6) is 0 Å². The standard InChI is InChI=1S/C28H38FNO9/c1-17-13-21-20-9-8-18-14-19(32)10-11-25(18,2)27(20,29)22(33)15-26(21,3)28(17,23(34)16-31)39-24(35)7-5-4-6-12-38-30(36)37/h10-11,14,17,20-22,31,33H,4-9,12-13,15-16H2,1-3H3/t17-,20?,21?,22+,25+,26+,27+,28+/m1/s1. The molecule has 0 heterocycles. The lowest BCUT2D eigenvalue weighted by Gasteiger charge is -2.62. The molecule has 216 valence electrons. The van der Waals surface area contributed by atoms with Crippen molar-refractivity contribution in [2.45, 2.75) is 89.5 Å². The Kier molecular flexibility index (Phi) is 7.81. The van der Waals surface area contributed by atoms with E-state index in [4.69, 9.17) is 4.74 Å². The first-order valence-corrected chi connectivity index (χ1v) is 13.7. The molecule has 4 aliphatic carbocycles. The minimum absolute atomic E-state index is 0.0452. The molecule has 0 amide bonds. The van der Waals surface area contributed by atoms with Gasteiger partial charge in [0.1, 0.15) is 6.61 Å². The number of halogens is 1. The van der Waals surface area contributed by atoms with Gasteiger partial charge in [-0.3, -0.25) is 14.4 Å². The number of fused-ring (bicyclic) bond motifs is 5. The lowest BCUT2D eigenvalue weighted by atomic mass is 9.44. The van der Waals surface area contributed by atoms with Crippen molar-refractivity contribution in [3.05, 3.63) is 33.9 Å². The molecule has 4 rings (SSSR count). The molecule has 2 N–H and O–H groups in total. The molecule has 0 aromatic heterocycles. The van der Waals surface area contributed by atoms with Gasteiger partial charge in [0.25, 0.3) is 5.09 Å². The number of nitrogens with zero attached hydrogens (tertiary/aromatic N) is 1. The third kappa shape index (κ3) is 4.32. The molecule has 0 aliphatic heterocycles. The number of carbonyl (C=O) groups is 3. The van der Waals surface area contributed by atoms with E-state index in [1.165, 1.54) is 12.2 Å². The van der Waals surface area contributed by atoms with Crippen molar-refractivity contribution in [1.29, 1.82) is 0 Å². The summed E-state index contributed by atoms with van der Waals surface area (Å²) in [4.78, 5) is 53.1. The molecular weight excluding hydrogens is 513 g/mol. The molecule has 0 spiro atoms. The number of rotatable bonds is 10. The molecule has 39 heavy (non-hydrogen) atoms. The number of hydrogen-bond donors (Lipinski definition) is 2. The summed E-state index contributed by atoms with van der Waals surface area (Å²) in [6.45, 7) is 4.28. The number of esters is 1. The Bertz CT molecular complexity index is 1110. The monoisotopic (exact) mass is 551 g/mol. The first-order valence-electron chi connectivity index (χ1n) is 13.7. The van der Waals surface area contributed by atoms with Crippen molar-refractivity contribution in [2.75, 3.05) is 13.2 Å². The molecule has 3 saturated carbocycles. The van der Waals surface area contributed by atoms with Crippen molar-refractivity contribution in [3.63, 3.8) is 0 Å². The molecule has 10 nitrogen and oxygen atoms in total. The molecule has 0 saturated heterocycles. The third-order valence-corrected chi connectivity index (χ3v) is 10.2. The van der Waals surface area contributed by atoms with E-state index in [1.807, 2.05) is 0 Å². The topological polar surface area (TPSA) is 153 Å². The normalized spacial score (nSPS) is 40.7. The third-order valence-electron chi connectivity index (χ3n) is 10.2. The molecule has 2 unspecified atom stereocenters. The number of alkyl halides is 1. The van der Waals surface area contributed by atoms with Gasteiger partial charge >= 0.3 is 5.97 Å². The Morgan fingerprint density at radius 2 is 1.95 bits per heavy atom. The van der Waals surface area contributed by atoms with Gasteiger partial charge < -0.3 is 19.8 Å². The molecule has 0 aromatic rings. The molecule has 4 aliphatic rings. The SMILES string of the molecule is C[C@@H]1CC2C3CCC4=CC(=O)C=C[C@]4(C)[C@@]3(F)[C@@H](O)C[C@]2(C)[C@@]1(OC(=O)CCCCCO[N+](=O)[O-])C(=O)CO. The number of aliphatic hydroxyl groups is 2. The second-order valence-corrected chi connectivity index (χ2v) is 12.1. The minimum atomic E-state index is -2.09. The lowest BCUT2D eigenvalue weighted by molar-refractivity contribution is -0.757. The number of hydrogen-bond acceptors (Lipinski definition) is 9. The van der Waals surface area contributed by atoms with Gasteiger partial charge in [0.15, 0.2) is 17.1 Å². The summed E-state index contributed by atoms with van der Waals surface area (Å²) >= 11 is 0. The van der Waals surface area contributed by atoms with E-state index in [0.29, 0.717) is 44.1 Å². The van der Waals surface area contributed by atoms with E-state index in [1.54, 1.807) is 26.8 Å². The van der Waals surface area contributed by atoms with Crippen LogP contribution in [-0.4, -0.2) is 63.4 Å². The van der Waals surface area contributed by atoms with Crippen LogP contribution < -0.4 is 0 Å². The Morgan fingerprint density at radius 3 is 2.62 bits per heavy atom. The molecule has 0 radical (unpaired) electrons. The fourth-order valence-electron chi connectivity index (χ4n) is 8.43. The molecule has 8 atom stereocenters. The average molecular weight is 552 g/mol. The zero-order chi connectivity index (χ0) is 28.8. The van der Waals surface area contributed by atoms with Crippen LogP contribution in [-0.2, 0) is 24.0 Å². The highest BCUT2D eigenvalue weighted by atomic mass is 19.1. The lowest BCUT2D eigenvalue weighted by Crippen LogP contribution is -2.70. The van der Waals surface area contributed by atoms with Crippen LogP contribution in [0.2, 0.25) is 0 Å². The highest BCUT2D eigenvalue weighted by Gasteiger charge is 2.77. The molecule has 11 heteroatoms. The maximum Gasteiger partial charge on any atom is 0.306 e. The quantitative estimate of drug-likeness (QED) is 0.180. The molecular formula is C28H38FNO9. The Hall–Kier alpha value is -2.66. The largest absolute Gasteiger partial charge is 0.450 e. The summed E-state index contributed by atoms with van der Waals surface area (Å²) < 4.78 is 23.4. The highest BCUT2D eigenvalue weighted by molar-refractivity contribution is 6.01. The van der Waals surface area contributed by atoms with Crippen LogP contribution in [0.1, 0.15) is 72.1 Å². The summed E-state index contributed by atoms with van der Waals surface area (Å²) in [6.07, 6.45) is 5.05. The van der Waals surface area contributed by atoms with E-state index in [0.717, 1.165) is 0 Å². The minimum Gasteiger partial charge on any atom is -0.450 e. The zero-order valence-electron chi connectivity index (χ0n) is 22.7. The second-order valence-electron chi connectivity index (χ2n) is 12.1. The van der Waals surface area contributed by atoms with Crippen LogP contribution in [0.25, 0.3) is 0 Å². The maximum atomic E-state index is 17.4. The smallest absolute Gasteiger partial charge is 0.306 e. The van der Waals surface area contributed by atoms with Crippen LogP contribution in [0.3, 0.4) is 0 Å². The number of aliphatic hydroxyl groups excluding tert-OH is 2. The molecule has 3 fully saturated rings. The summed E-state index contributed by atoms with van der Waals surface area (Å²) in [7, 11) is 0. The van der Waals surface area contributed by atoms with E-state index in [-0.39, 0.29) is 25.2 Å². The highest BCUT2D eigenvalue weighted by Crippen LogP contribution is 2.71. The summed E-state index contributed by atoms with van der Waals surface area (Å²) in [5.41, 5.74) is -5.50. The molecule has 0 aromatic carbocycles. The van der Waals surface area contributed by atoms with E-state index in [2.05, 4.69) is 4.84 Å². The summed E-state index contributed by atoms with van der Waals surface area (Å²) in [6, 6.07) is 0. The number of carbonyl (C=O) groups excluding carboxylic acids is 3. The van der Waals surface area contributed by atoms with Gasteiger partial charge in [0.2, 0.25) is 5.78 Å². The van der Waals surface area contributed by atoms with Gasteiger partial charge in [0.05, 0.1) is 12.7 Å². The Labute approximate surface area is 226 Å². The van der Waals surface area contributed by atoms with Crippen LogP contribution >= 0.6 is 0 Å². The van der Waals surface area contributed by atoms with E-state index in [9.17, 15) is 34.7 Å². The second kappa shape index (κ2) is 10.4. The van der Waals surface area contributed by atoms with E-state index < -0.39 is 69.4 Å². The van der Waals surface area contributed by atoms with Gasteiger partial charge in [-0.2, -0.15) is 0 Å². The number of allylic oxidation sites excluding steroid dienone is 4. The molecule has 0 bridgehead atoms. The van der Waals surface area contributed by atoms with Crippen molar-refractivity contribution >= 4 is 17.5 Å². The van der Waals surface area contributed by atoms with Gasteiger partial charge in [-0.25, -0.2) is 4.39 Å². The van der Waals surface area contributed by atoms with Crippen LogP contribution in [0.15, 0.2) is 23.8 Å². The van der Waals surface area contributed by atoms with Crippen molar-refractivity contribution in [2.24, 2.45) is 28.6 Å². The number of unbranched alkanes of at least 4 members (excludes halogenated alkanes) is 2. The summed E-state index contributed by atoms with van der Waals surface area (Å²) in [5.74, 6) is -3.15. The fraction of sp³-hybridized carbons (Fsp3) is 0.750. The fourth-order valence-corrected chi connectivity index (χ4v) is 8.43.